The van der Waals surface area contributed by atoms with Crippen LogP contribution >= 0.6 is 0 Å². The summed E-state index contributed by atoms with van der Waals surface area (Å²) < 4.78 is 22.4. The van der Waals surface area contributed by atoms with Gasteiger partial charge in [-0.3, -0.25) is 9.69 Å². The van der Waals surface area contributed by atoms with Gasteiger partial charge in [-0.25, -0.2) is 9.59 Å². The van der Waals surface area contributed by atoms with E-state index in [1.165, 1.54) is 18.9 Å². The molecule has 1 aromatic heterocycles. The van der Waals surface area contributed by atoms with Crippen LogP contribution in [-0.2, 0) is 25.6 Å². The molecule has 0 fully saturated rings. The predicted octanol–water partition coefficient (Wildman–Crippen LogP) is 6.27. The molecule has 1 unspecified atom stereocenters. The van der Waals surface area contributed by atoms with Gasteiger partial charge in [-0.05, 0) is 38.8 Å². The molecule has 1 aliphatic rings. The van der Waals surface area contributed by atoms with Crippen LogP contribution in [0.15, 0.2) is 36.4 Å². The lowest BCUT2D eigenvalue weighted by atomic mass is 9.95. The van der Waals surface area contributed by atoms with Crippen molar-refractivity contribution in [3.05, 3.63) is 58.8 Å². The number of anilines is 1. The summed E-state index contributed by atoms with van der Waals surface area (Å²) in [5.74, 6) is -0.879. The van der Waals surface area contributed by atoms with Crippen LogP contribution in [0.25, 0.3) is 10.9 Å². The molecule has 1 atom stereocenters. The van der Waals surface area contributed by atoms with Crippen molar-refractivity contribution in [2.75, 3.05) is 25.2 Å². The maximum absolute atomic E-state index is 13.3. The Morgan fingerprint density at radius 3 is 2.36 bits per heavy atom. The highest BCUT2D eigenvalue weighted by atomic mass is 16.6. The highest BCUT2D eigenvalue weighted by molar-refractivity contribution is 6.12. The normalized spacial score (nSPS) is 14.3. The summed E-state index contributed by atoms with van der Waals surface area (Å²) in [5.41, 5.74) is 3.02. The molecule has 2 aromatic carbocycles. The van der Waals surface area contributed by atoms with Gasteiger partial charge in [0.15, 0.2) is 0 Å². The van der Waals surface area contributed by atoms with E-state index < -0.39 is 29.6 Å². The summed E-state index contributed by atoms with van der Waals surface area (Å²) >= 11 is 0. The highest BCUT2D eigenvalue weighted by Gasteiger charge is 2.40. The second kappa shape index (κ2) is 12.2. The van der Waals surface area contributed by atoms with Gasteiger partial charge in [0.1, 0.15) is 18.0 Å². The number of methoxy groups -OCH3 is 1. The van der Waals surface area contributed by atoms with Gasteiger partial charge in [0.25, 0.3) is 0 Å². The van der Waals surface area contributed by atoms with Gasteiger partial charge in [-0.2, -0.15) is 0 Å². The lowest BCUT2D eigenvalue weighted by Gasteiger charge is -2.25. The first-order valence-corrected chi connectivity index (χ1v) is 13.1. The number of fused-ring (bicyclic) bond motifs is 3. The van der Waals surface area contributed by atoms with E-state index in [-0.39, 0.29) is 19.8 Å². The topological polar surface area (TPSA) is 107 Å². The molecule has 1 N–H and O–H groups in total. The number of hydrogen-bond donors (Lipinski definition) is 1. The number of carbonyl (C=O) groups excluding carboxylic acids is 3. The number of carbonyl (C=O) groups is 3. The van der Waals surface area contributed by atoms with E-state index in [2.05, 4.69) is 4.98 Å². The van der Waals surface area contributed by atoms with E-state index >= 15 is 0 Å². The van der Waals surface area contributed by atoms with Gasteiger partial charge >= 0.3 is 18.0 Å². The third-order valence-corrected chi connectivity index (χ3v) is 6.08. The number of rotatable bonds is 6. The second-order valence-electron chi connectivity index (χ2n) is 10.0. The monoisotopic (exact) mass is 538 g/mol. The number of H-pyrrole nitrogens is 1. The van der Waals surface area contributed by atoms with Crippen molar-refractivity contribution in [2.45, 2.75) is 66.6 Å². The Balaban J connectivity index is 0.00000205. The minimum Gasteiger partial charge on any atom is -0.487 e. The fourth-order valence-electron chi connectivity index (χ4n) is 4.58. The van der Waals surface area contributed by atoms with Gasteiger partial charge in [0, 0.05) is 36.5 Å². The number of nitrogens with zero attached hydrogens (tertiary/aromatic N) is 1. The van der Waals surface area contributed by atoms with Crippen LogP contribution in [0.2, 0.25) is 0 Å². The van der Waals surface area contributed by atoms with Crippen molar-refractivity contribution >= 4 is 34.6 Å². The third kappa shape index (κ3) is 6.53. The van der Waals surface area contributed by atoms with E-state index in [9.17, 15) is 14.4 Å². The molecule has 9 nitrogen and oxygen atoms in total. The van der Waals surface area contributed by atoms with Gasteiger partial charge in [0.05, 0.1) is 30.5 Å². The number of nitrogens with one attached hydrogen (secondary N) is 1. The molecule has 0 aliphatic carbocycles. The summed E-state index contributed by atoms with van der Waals surface area (Å²) in [6.07, 6.45) is -0.542. The summed E-state index contributed by atoms with van der Waals surface area (Å²) in [5, 5.41) is 0.577. The van der Waals surface area contributed by atoms with E-state index in [0.29, 0.717) is 39.2 Å². The van der Waals surface area contributed by atoms with E-state index in [4.69, 9.17) is 18.9 Å². The van der Waals surface area contributed by atoms with Crippen LogP contribution in [0, 0.1) is 6.92 Å². The zero-order chi connectivity index (χ0) is 28.9. The molecule has 0 radical (unpaired) electrons. The second-order valence-corrected chi connectivity index (χ2v) is 10.0. The molecule has 9 heteroatoms. The minimum absolute atomic E-state index is 0.0335. The van der Waals surface area contributed by atoms with Crippen molar-refractivity contribution in [2.24, 2.45) is 0 Å². The molecule has 0 saturated heterocycles. The zero-order valence-corrected chi connectivity index (χ0v) is 24.0. The van der Waals surface area contributed by atoms with Crippen molar-refractivity contribution in [3.8, 4) is 5.75 Å². The van der Waals surface area contributed by atoms with Gasteiger partial charge < -0.3 is 23.9 Å². The quantitative estimate of drug-likeness (QED) is 0.291. The van der Waals surface area contributed by atoms with Crippen molar-refractivity contribution in [1.29, 1.82) is 0 Å². The number of esters is 2. The van der Waals surface area contributed by atoms with E-state index in [0.717, 1.165) is 5.56 Å². The third-order valence-electron chi connectivity index (χ3n) is 6.08. The van der Waals surface area contributed by atoms with E-state index in [1.807, 2.05) is 44.2 Å². The first kappa shape index (κ1) is 29.5. The smallest absolute Gasteiger partial charge is 0.414 e. The molecule has 1 aliphatic heterocycles. The molecule has 0 spiro atoms. The fraction of sp³-hybridized carbons (Fsp3) is 0.433. The van der Waals surface area contributed by atoms with Gasteiger partial charge in [0.2, 0.25) is 0 Å². The number of hydrogen-bond acceptors (Lipinski definition) is 7. The first-order chi connectivity index (χ1) is 18.5. The highest BCUT2D eigenvalue weighted by Crippen LogP contribution is 2.47. The van der Waals surface area contributed by atoms with Crippen molar-refractivity contribution in [1.82, 2.24) is 4.98 Å². The SMILES string of the molecule is CC.COC(=O)c1c(C)[nH]c2c(OCc3ccccc3)cc3c(c12)C(COC(C)=O)CN3C(=O)OC(C)(C)C. The Morgan fingerprint density at radius 2 is 1.77 bits per heavy atom. The fourth-order valence-corrected chi connectivity index (χ4v) is 4.58. The summed E-state index contributed by atoms with van der Waals surface area (Å²) in [4.78, 5) is 42.6. The lowest BCUT2D eigenvalue weighted by molar-refractivity contribution is -0.141. The van der Waals surface area contributed by atoms with Gasteiger partial charge in [-0.15, -0.1) is 0 Å². The minimum atomic E-state index is -0.718. The summed E-state index contributed by atoms with van der Waals surface area (Å²) in [6, 6.07) is 11.5. The zero-order valence-electron chi connectivity index (χ0n) is 24.0. The maximum Gasteiger partial charge on any atom is 0.414 e. The van der Waals surface area contributed by atoms with Crippen LogP contribution < -0.4 is 9.64 Å². The molecule has 4 rings (SSSR count). The van der Waals surface area contributed by atoms with Crippen molar-refractivity contribution in [3.63, 3.8) is 0 Å². The number of aromatic amines is 1. The predicted molar refractivity (Wildman–Crippen MR) is 149 cm³/mol. The Hall–Kier alpha value is -4.01. The average Bonchev–Trinajstić information content (AvgIpc) is 3.43. The molecule has 2 heterocycles. The van der Waals surface area contributed by atoms with E-state index in [1.54, 1.807) is 33.8 Å². The Kier molecular flexibility index (Phi) is 9.27. The molecule has 210 valence electrons. The van der Waals surface area contributed by atoms with Crippen LogP contribution in [-0.4, -0.2) is 48.9 Å². The Morgan fingerprint density at radius 1 is 1.10 bits per heavy atom. The standard InChI is InChI=1S/C28H32N2O7.C2H6/c1-16-22(26(32)34-6)24-23-19(15-35-17(2)31)13-30(27(33)37-28(3,4)5)20(23)12-21(25(24)29-16)36-14-18-10-8-7-9-11-18;1-2/h7-12,19,29H,13-15H2,1-6H3;1-2H3. The average molecular weight is 539 g/mol. The van der Waals surface area contributed by atoms with Crippen LogP contribution in [0.4, 0.5) is 10.5 Å². The number of ether oxygens (including phenoxy) is 4. The lowest BCUT2D eigenvalue weighted by Crippen LogP contribution is -2.36. The number of benzene rings is 2. The van der Waals surface area contributed by atoms with Gasteiger partial charge in [-0.1, -0.05) is 44.2 Å². The largest absolute Gasteiger partial charge is 0.487 e. The summed E-state index contributed by atoms with van der Waals surface area (Å²) in [7, 11) is 1.32. The molecule has 3 aromatic rings. The molecular formula is C30H38N2O7. The molecule has 39 heavy (non-hydrogen) atoms. The van der Waals surface area contributed by atoms with Crippen molar-refractivity contribution < 1.29 is 33.3 Å². The molecular weight excluding hydrogens is 500 g/mol. The maximum atomic E-state index is 13.3. The molecule has 0 saturated carbocycles. The van der Waals surface area contributed by atoms with Crippen LogP contribution in [0.3, 0.4) is 0 Å². The molecule has 1 amide bonds. The summed E-state index contributed by atoms with van der Waals surface area (Å²) in [6.45, 7) is 13.0. The molecule has 0 bridgehead atoms. The van der Waals surface area contributed by atoms with Crippen LogP contribution in [0.5, 0.6) is 5.75 Å². The first-order valence-electron chi connectivity index (χ1n) is 13.1. The Bertz CT molecular complexity index is 1340. The number of aromatic nitrogens is 1. The number of amides is 1. The number of aryl methyl sites for hydroxylation is 1. The Labute approximate surface area is 229 Å². The van der Waals surface area contributed by atoms with Crippen LogP contribution in [0.1, 0.15) is 74.6 Å².